The van der Waals surface area contributed by atoms with E-state index in [0.717, 1.165) is 34.6 Å². The summed E-state index contributed by atoms with van der Waals surface area (Å²) in [5.74, 6) is 0.103. The van der Waals surface area contributed by atoms with Gasteiger partial charge in [-0.3, -0.25) is 9.48 Å². The molecule has 0 unspecified atom stereocenters. The summed E-state index contributed by atoms with van der Waals surface area (Å²) in [5.41, 5.74) is 10.3. The minimum atomic E-state index is 0.103. The Morgan fingerprint density at radius 1 is 1.38 bits per heavy atom. The van der Waals surface area contributed by atoms with E-state index in [9.17, 15) is 4.79 Å². The van der Waals surface area contributed by atoms with Crippen LogP contribution in [0.4, 0.5) is 11.4 Å². The third kappa shape index (κ3) is 2.38. The molecule has 110 valence electrons. The van der Waals surface area contributed by atoms with Crippen molar-refractivity contribution in [3.63, 3.8) is 0 Å². The van der Waals surface area contributed by atoms with Crippen molar-refractivity contribution in [2.45, 2.75) is 26.3 Å². The summed E-state index contributed by atoms with van der Waals surface area (Å²) >= 11 is 6.28. The summed E-state index contributed by atoms with van der Waals surface area (Å²) in [4.78, 5) is 14.1. The van der Waals surface area contributed by atoms with Gasteiger partial charge in [-0.2, -0.15) is 5.10 Å². The SMILES string of the molecule is Cc1nn(C)c(Cl)c1CN1C(=O)CCc2cc(N)ccc21. The Kier molecular flexibility index (Phi) is 3.37. The highest BCUT2D eigenvalue weighted by atomic mass is 35.5. The smallest absolute Gasteiger partial charge is 0.227 e. The molecule has 0 aliphatic carbocycles. The maximum atomic E-state index is 12.3. The number of aromatic nitrogens is 2. The van der Waals surface area contributed by atoms with Crippen LogP contribution in [0.2, 0.25) is 5.15 Å². The minimum absolute atomic E-state index is 0.103. The maximum absolute atomic E-state index is 12.3. The standard InChI is InChI=1S/C15H17ClN4O/c1-9-12(15(16)19(2)18-9)8-20-13-5-4-11(17)7-10(13)3-6-14(20)21/h4-5,7H,3,6,8,17H2,1-2H3. The Hall–Kier alpha value is -2.01. The lowest BCUT2D eigenvalue weighted by Gasteiger charge is -2.29. The van der Waals surface area contributed by atoms with Gasteiger partial charge in [0.05, 0.1) is 12.2 Å². The minimum Gasteiger partial charge on any atom is -0.399 e. The van der Waals surface area contributed by atoms with Gasteiger partial charge >= 0.3 is 0 Å². The second-order valence-electron chi connectivity index (χ2n) is 5.35. The summed E-state index contributed by atoms with van der Waals surface area (Å²) in [6.07, 6.45) is 1.23. The number of anilines is 2. The number of nitrogen functional groups attached to an aromatic ring is 1. The molecule has 0 atom stereocenters. The van der Waals surface area contributed by atoms with Crippen LogP contribution >= 0.6 is 11.6 Å². The molecule has 3 rings (SSSR count). The van der Waals surface area contributed by atoms with Gasteiger partial charge in [-0.15, -0.1) is 0 Å². The maximum Gasteiger partial charge on any atom is 0.227 e. The molecule has 1 aliphatic rings. The molecule has 21 heavy (non-hydrogen) atoms. The van der Waals surface area contributed by atoms with Crippen LogP contribution < -0.4 is 10.6 Å². The molecule has 0 radical (unpaired) electrons. The molecule has 1 aromatic heterocycles. The van der Waals surface area contributed by atoms with Crippen molar-refractivity contribution >= 4 is 28.9 Å². The summed E-state index contributed by atoms with van der Waals surface area (Å²) in [7, 11) is 1.80. The number of fused-ring (bicyclic) bond motifs is 1. The van der Waals surface area contributed by atoms with Crippen LogP contribution in [0, 0.1) is 6.92 Å². The average molecular weight is 305 g/mol. The number of halogens is 1. The van der Waals surface area contributed by atoms with Crippen molar-refractivity contribution in [3.05, 3.63) is 40.2 Å². The first-order valence-corrected chi connectivity index (χ1v) is 7.22. The highest BCUT2D eigenvalue weighted by molar-refractivity contribution is 6.30. The highest BCUT2D eigenvalue weighted by Crippen LogP contribution is 2.32. The Morgan fingerprint density at radius 2 is 2.14 bits per heavy atom. The third-order valence-electron chi connectivity index (χ3n) is 3.89. The molecule has 1 amide bonds. The molecule has 2 heterocycles. The van der Waals surface area contributed by atoms with E-state index in [-0.39, 0.29) is 5.91 Å². The number of carbonyl (C=O) groups excluding carboxylic acids is 1. The van der Waals surface area contributed by atoms with Gasteiger partial charge in [-0.05, 0) is 37.1 Å². The van der Waals surface area contributed by atoms with Gasteiger partial charge in [-0.25, -0.2) is 0 Å². The number of nitrogens with zero attached hydrogens (tertiary/aromatic N) is 3. The van der Waals surface area contributed by atoms with Gasteiger partial charge in [0.1, 0.15) is 5.15 Å². The topological polar surface area (TPSA) is 64.2 Å². The van der Waals surface area contributed by atoms with Crippen LogP contribution in [0.15, 0.2) is 18.2 Å². The van der Waals surface area contributed by atoms with Gasteiger partial charge < -0.3 is 10.6 Å². The van der Waals surface area contributed by atoms with E-state index in [1.807, 2.05) is 25.1 Å². The predicted octanol–water partition coefficient (Wildman–Crippen LogP) is 2.44. The first kappa shape index (κ1) is 13.9. The molecule has 2 N–H and O–H groups in total. The fourth-order valence-electron chi connectivity index (χ4n) is 2.76. The Bertz CT molecular complexity index is 723. The molecule has 1 aromatic carbocycles. The first-order chi connectivity index (χ1) is 9.97. The lowest BCUT2D eigenvalue weighted by molar-refractivity contribution is -0.119. The zero-order valence-corrected chi connectivity index (χ0v) is 12.8. The molecular weight excluding hydrogens is 288 g/mol. The zero-order chi connectivity index (χ0) is 15.1. The van der Waals surface area contributed by atoms with E-state index < -0.39 is 0 Å². The van der Waals surface area contributed by atoms with E-state index in [1.54, 1.807) is 16.6 Å². The Balaban J connectivity index is 2.01. The Morgan fingerprint density at radius 3 is 2.81 bits per heavy atom. The Labute approximate surface area is 128 Å². The number of nitrogens with two attached hydrogens (primary N) is 1. The quantitative estimate of drug-likeness (QED) is 0.867. The summed E-state index contributed by atoms with van der Waals surface area (Å²) in [6.45, 7) is 2.34. The molecular formula is C15H17ClN4O. The van der Waals surface area contributed by atoms with Crippen LogP contribution in [-0.4, -0.2) is 15.7 Å². The van der Waals surface area contributed by atoms with Gasteiger partial charge in [0.2, 0.25) is 5.91 Å². The molecule has 0 spiro atoms. The zero-order valence-electron chi connectivity index (χ0n) is 12.1. The second kappa shape index (κ2) is 5.07. The summed E-state index contributed by atoms with van der Waals surface area (Å²) < 4.78 is 1.63. The van der Waals surface area contributed by atoms with Gasteiger partial charge in [0.25, 0.3) is 0 Å². The van der Waals surface area contributed by atoms with E-state index in [4.69, 9.17) is 17.3 Å². The van der Waals surface area contributed by atoms with Crippen molar-refractivity contribution in [2.24, 2.45) is 7.05 Å². The normalized spacial score (nSPS) is 14.4. The fourth-order valence-corrected chi connectivity index (χ4v) is 3.00. The molecule has 5 nitrogen and oxygen atoms in total. The number of hydrogen-bond acceptors (Lipinski definition) is 3. The number of aryl methyl sites for hydroxylation is 3. The van der Waals surface area contributed by atoms with Crippen LogP contribution in [0.3, 0.4) is 0 Å². The lowest BCUT2D eigenvalue weighted by atomic mass is 10.00. The van der Waals surface area contributed by atoms with E-state index in [1.165, 1.54) is 0 Å². The molecule has 1 aliphatic heterocycles. The second-order valence-corrected chi connectivity index (χ2v) is 5.70. The average Bonchev–Trinajstić information content (AvgIpc) is 2.68. The number of amides is 1. The predicted molar refractivity (Wildman–Crippen MR) is 83.3 cm³/mol. The third-order valence-corrected chi connectivity index (χ3v) is 4.36. The van der Waals surface area contributed by atoms with Crippen LogP contribution in [0.25, 0.3) is 0 Å². The molecule has 0 saturated carbocycles. The number of hydrogen-bond donors (Lipinski definition) is 1. The van der Waals surface area contributed by atoms with Crippen LogP contribution in [-0.2, 0) is 24.8 Å². The summed E-state index contributed by atoms with van der Waals surface area (Å²) in [5, 5.41) is 4.87. The van der Waals surface area contributed by atoms with Crippen LogP contribution in [0.1, 0.15) is 23.2 Å². The van der Waals surface area contributed by atoms with E-state index in [0.29, 0.717) is 18.1 Å². The molecule has 0 fully saturated rings. The molecule has 0 saturated heterocycles. The van der Waals surface area contributed by atoms with Crippen molar-refractivity contribution < 1.29 is 4.79 Å². The highest BCUT2D eigenvalue weighted by Gasteiger charge is 2.26. The van der Waals surface area contributed by atoms with Crippen molar-refractivity contribution in [3.8, 4) is 0 Å². The van der Waals surface area contributed by atoms with Gasteiger partial charge in [0.15, 0.2) is 0 Å². The van der Waals surface area contributed by atoms with Gasteiger partial charge in [0, 0.05) is 30.4 Å². The van der Waals surface area contributed by atoms with Crippen molar-refractivity contribution in [1.29, 1.82) is 0 Å². The number of benzene rings is 1. The van der Waals surface area contributed by atoms with E-state index in [2.05, 4.69) is 5.10 Å². The number of rotatable bonds is 2. The first-order valence-electron chi connectivity index (χ1n) is 6.84. The largest absolute Gasteiger partial charge is 0.399 e. The van der Waals surface area contributed by atoms with Crippen LogP contribution in [0.5, 0.6) is 0 Å². The van der Waals surface area contributed by atoms with Crippen molar-refractivity contribution in [1.82, 2.24) is 9.78 Å². The molecule has 0 bridgehead atoms. The fraction of sp³-hybridized carbons (Fsp3) is 0.333. The molecule has 2 aromatic rings. The van der Waals surface area contributed by atoms with E-state index >= 15 is 0 Å². The van der Waals surface area contributed by atoms with Gasteiger partial charge in [-0.1, -0.05) is 11.6 Å². The van der Waals surface area contributed by atoms with Crippen molar-refractivity contribution in [2.75, 3.05) is 10.6 Å². The molecule has 6 heteroatoms. The monoisotopic (exact) mass is 304 g/mol. The number of carbonyl (C=O) groups is 1. The summed E-state index contributed by atoms with van der Waals surface area (Å²) in [6, 6.07) is 5.66. The lowest BCUT2D eigenvalue weighted by Crippen LogP contribution is -2.34.